The van der Waals surface area contributed by atoms with Gasteiger partial charge in [0.2, 0.25) is 0 Å². The van der Waals surface area contributed by atoms with Crippen molar-refractivity contribution in [2.24, 2.45) is 0 Å². The molecule has 0 radical (unpaired) electrons. The maximum atomic E-state index is 13.4. The minimum atomic E-state index is -0.121. The van der Waals surface area contributed by atoms with Crippen LogP contribution in [0.25, 0.3) is 27.8 Å². The van der Waals surface area contributed by atoms with Crippen LogP contribution in [0, 0.1) is 0 Å². The van der Waals surface area contributed by atoms with Gasteiger partial charge in [-0.3, -0.25) is 9.36 Å². The number of aromatic nitrogens is 3. The molecule has 0 spiro atoms. The summed E-state index contributed by atoms with van der Waals surface area (Å²) in [6, 6.07) is 18.9. The van der Waals surface area contributed by atoms with Gasteiger partial charge in [0.1, 0.15) is 5.75 Å². The van der Waals surface area contributed by atoms with E-state index in [1.54, 1.807) is 17.9 Å². The van der Waals surface area contributed by atoms with Crippen molar-refractivity contribution in [3.05, 3.63) is 77.2 Å². The molecule has 6 heteroatoms. The largest absolute Gasteiger partial charge is 0.497 e. The monoisotopic (exact) mass is 375 g/mol. The van der Waals surface area contributed by atoms with Crippen LogP contribution in [0.4, 0.5) is 0 Å². The highest BCUT2D eigenvalue weighted by Gasteiger charge is 2.14. The lowest BCUT2D eigenvalue weighted by Crippen LogP contribution is -2.21. The van der Waals surface area contributed by atoms with Crippen LogP contribution in [0.2, 0.25) is 0 Å². The first-order valence-electron chi connectivity index (χ1n) is 8.38. The van der Waals surface area contributed by atoms with E-state index in [1.807, 2.05) is 66.9 Å². The Hall–Kier alpha value is -3.12. The minimum absolute atomic E-state index is 0.121. The van der Waals surface area contributed by atoms with Gasteiger partial charge < -0.3 is 4.74 Å². The zero-order chi connectivity index (χ0) is 18.8. The van der Waals surface area contributed by atoms with Crippen molar-refractivity contribution in [1.82, 2.24) is 14.5 Å². The van der Waals surface area contributed by atoms with Crippen molar-refractivity contribution in [1.29, 1.82) is 0 Å². The van der Waals surface area contributed by atoms with Crippen LogP contribution in [-0.2, 0) is 0 Å². The van der Waals surface area contributed by atoms with E-state index in [2.05, 4.69) is 9.97 Å². The number of pyridine rings is 1. The van der Waals surface area contributed by atoms with Crippen molar-refractivity contribution in [3.8, 4) is 22.6 Å². The number of ether oxygens (including phenoxy) is 1. The SMILES string of the molecule is COc1ccc(-c2cc3cnc(SC)nc3n(-c3ccccc3)c2=O)cc1. The Morgan fingerprint density at radius 3 is 2.44 bits per heavy atom. The summed E-state index contributed by atoms with van der Waals surface area (Å²) in [6.45, 7) is 0. The highest BCUT2D eigenvalue weighted by molar-refractivity contribution is 7.98. The molecule has 4 rings (SSSR count). The molecule has 0 atom stereocenters. The van der Waals surface area contributed by atoms with E-state index in [1.165, 1.54) is 11.8 Å². The van der Waals surface area contributed by atoms with Gasteiger partial charge in [0, 0.05) is 17.1 Å². The predicted octanol–water partition coefficient (Wildman–Crippen LogP) is 4.18. The molecule has 2 aromatic heterocycles. The Bertz CT molecular complexity index is 1160. The zero-order valence-corrected chi connectivity index (χ0v) is 15.7. The first kappa shape index (κ1) is 17.3. The van der Waals surface area contributed by atoms with Crippen LogP contribution >= 0.6 is 11.8 Å². The van der Waals surface area contributed by atoms with E-state index in [0.717, 1.165) is 22.4 Å². The van der Waals surface area contributed by atoms with Gasteiger partial charge in [-0.25, -0.2) is 9.97 Å². The number of rotatable bonds is 4. The minimum Gasteiger partial charge on any atom is -0.497 e. The molecule has 2 aromatic carbocycles. The van der Waals surface area contributed by atoms with Crippen LogP contribution in [0.5, 0.6) is 5.75 Å². The maximum absolute atomic E-state index is 13.4. The molecule has 0 aliphatic heterocycles. The first-order chi connectivity index (χ1) is 13.2. The van der Waals surface area contributed by atoms with E-state index in [9.17, 15) is 4.79 Å². The van der Waals surface area contributed by atoms with Crippen LogP contribution < -0.4 is 10.3 Å². The lowest BCUT2D eigenvalue weighted by Gasteiger charge is -2.13. The third-order valence-electron chi connectivity index (χ3n) is 4.32. The molecule has 0 fully saturated rings. The molecule has 134 valence electrons. The zero-order valence-electron chi connectivity index (χ0n) is 14.9. The van der Waals surface area contributed by atoms with Crippen molar-refractivity contribution in [3.63, 3.8) is 0 Å². The number of nitrogens with zero attached hydrogens (tertiary/aromatic N) is 3. The molecule has 0 bridgehead atoms. The fourth-order valence-corrected chi connectivity index (χ4v) is 3.31. The molecular formula is C21H17N3O2S. The molecular weight excluding hydrogens is 358 g/mol. The third-order valence-corrected chi connectivity index (χ3v) is 4.88. The van der Waals surface area contributed by atoms with E-state index in [4.69, 9.17) is 4.74 Å². The Labute approximate surface area is 160 Å². The number of thioether (sulfide) groups is 1. The van der Waals surface area contributed by atoms with Crippen molar-refractivity contribution in [2.45, 2.75) is 5.16 Å². The molecule has 0 saturated carbocycles. The van der Waals surface area contributed by atoms with Gasteiger partial charge >= 0.3 is 0 Å². The van der Waals surface area contributed by atoms with E-state index in [-0.39, 0.29) is 5.56 Å². The summed E-state index contributed by atoms with van der Waals surface area (Å²) in [7, 11) is 1.62. The van der Waals surface area contributed by atoms with Gasteiger partial charge in [-0.2, -0.15) is 0 Å². The number of fused-ring (bicyclic) bond motifs is 1. The molecule has 27 heavy (non-hydrogen) atoms. The van der Waals surface area contributed by atoms with Gasteiger partial charge in [0.25, 0.3) is 5.56 Å². The van der Waals surface area contributed by atoms with Crippen LogP contribution in [-0.4, -0.2) is 27.9 Å². The smallest absolute Gasteiger partial charge is 0.264 e. The summed E-state index contributed by atoms with van der Waals surface area (Å²) in [5.41, 5.74) is 2.66. The lowest BCUT2D eigenvalue weighted by atomic mass is 10.1. The fraction of sp³-hybridized carbons (Fsp3) is 0.0952. The van der Waals surface area contributed by atoms with Gasteiger partial charge in [0.15, 0.2) is 10.8 Å². The number of hydrogen-bond acceptors (Lipinski definition) is 5. The number of hydrogen-bond donors (Lipinski definition) is 0. The highest BCUT2D eigenvalue weighted by atomic mass is 32.2. The predicted molar refractivity (Wildman–Crippen MR) is 109 cm³/mol. The van der Waals surface area contributed by atoms with Crippen molar-refractivity contribution in [2.75, 3.05) is 13.4 Å². The van der Waals surface area contributed by atoms with E-state index < -0.39 is 0 Å². The second-order valence-electron chi connectivity index (χ2n) is 5.90. The topological polar surface area (TPSA) is 57.0 Å². The normalized spacial score (nSPS) is 10.9. The van der Waals surface area contributed by atoms with Gasteiger partial charge in [-0.05, 0) is 42.2 Å². The van der Waals surface area contributed by atoms with Crippen molar-refractivity contribution < 1.29 is 4.74 Å². The molecule has 0 amide bonds. The number of benzene rings is 2. The maximum Gasteiger partial charge on any atom is 0.264 e. The molecule has 4 aromatic rings. The molecule has 0 aliphatic carbocycles. The second kappa shape index (κ2) is 7.25. The van der Waals surface area contributed by atoms with E-state index >= 15 is 0 Å². The van der Waals surface area contributed by atoms with Gasteiger partial charge in [-0.1, -0.05) is 42.1 Å². The molecule has 0 unspecified atom stereocenters. The number of para-hydroxylation sites is 1. The lowest BCUT2D eigenvalue weighted by molar-refractivity contribution is 0.415. The van der Waals surface area contributed by atoms with Crippen LogP contribution in [0.1, 0.15) is 0 Å². The molecule has 5 nitrogen and oxygen atoms in total. The quantitative estimate of drug-likeness (QED) is 0.396. The Morgan fingerprint density at radius 2 is 1.78 bits per heavy atom. The molecule has 0 N–H and O–H groups in total. The van der Waals surface area contributed by atoms with Crippen LogP contribution in [0.15, 0.2) is 76.8 Å². The summed E-state index contributed by atoms with van der Waals surface area (Å²) in [5.74, 6) is 0.746. The fourth-order valence-electron chi connectivity index (χ4n) is 2.97. The van der Waals surface area contributed by atoms with Crippen molar-refractivity contribution >= 4 is 22.8 Å². The summed E-state index contributed by atoms with van der Waals surface area (Å²) < 4.78 is 6.87. The molecule has 0 aliphatic rings. The Kier molecular flexibility index (Phi) is 4.64. The number of methoxy groups -OCH3 is 1. The third kappa shape index (κ3) is 3.19. The first-order valence-corrected chi connectivity index (χ1v) is 9.60. The molecule has 0 saturated heterocycles. The Balaban J connectivity index is 2.04. The van der Waals surface area contributed by atoms with Gasteiger partial charge in [-0.15, -0.1) is 0 Å². The summed E-state index contributed by atoms with van der Waals surface area (Å²) in [6.07, 6.45) is 3.68. The summed E-state index contributed by atoms with van der Waals surface area (Å²) in [4.78, 5) is 22.4. The van der Waals surface area contributed by atoms with Gasteiger partial charge in [0.05, 0.1) is 12.8 Å². The summed E-state index contributed by atoms with van der Waals surface area (Å²) in [5, 5.41) is 1.44. The second-order valence-corrected chi connectivity index (χ2v) is 6.67. The van der Waals surface area contributed by atoms with E-state index in [0.29, 0.717) is 16.4 Å². The highest BCUT2D eigenvalue weighted by Crippen LogP contribution is 2.25. The average molecular weight is 375 g/mol. The summed E-state index contributed by atoms with van der Waals surface area (Å²) >= 11 is 1.45. The average Bonchev–Trinajstić information content (AvgIpc) is 2.73. The van der Waals surface area contributed by atoms with Crippen LogP contribution in [0.3, 0.4) is 0 Å². The molecule has 2 heterocycles. The Morgan fingerprint density at radius 1 is 1.04 bits per heavy atom. The standard InChI is InChI=1S/C21H17N3O2S/c1-26-17-10-8-14(9-11-17)18-12-15-13-22-21(27-2)23-19(15)24(20(18)25)16-6-4-3-5-7-16/h3-13H,1-2H3.